The Bertz CT molecular complexity index is 1600. The maximum absolute atomic E-state index is 13.7. The lowest BCUT2D eigenvalue weighted by molar-refractivity contribution is -0.128. The molecule has 0 aliphatic heterocycles. The van der Waals surface area contributed by atoms with Gasteiger partial charge >= 0.3 is 6.18 Å². The molecule has 2 aromatic carbocycles. The molecule has 0 bridgehead atoms. The number of aromatic nitrogens is 3. The van der Waals surface area contributed by atoms with Gasteiger partial charge < -0.3 is 14.4 Å². The number of pyridine rings is 1. The van der Waals surface area contributed by atoms with Gasteiger partial charge in [-0.1, -0.05) is 50.6 Å². The molecule has 2 aromatic heterocycles. The predicted molar refractivity (Wildman–Crippen MR) is 147 cm³/mol. The largest absolute Gasteiger partial charge is 0.471 e. The molecule has 4 rings (SSSR count). The second kappa shape index (κ2) is 10.1. The minimum absolute atomic E-state index is 0.156. The van der Waals surface area contributed by atoms with Crippen LogP contribution in [0, 0.1) is 16.7 Å². The highest BCUT2D eigenvalue weighted by molar-refractivity contribution is 6.36. The number of rotatable bonds is 6. The molecule has 210 valence electrons. The highest BCUT2D eigenvalue weighted by atomic mass is 35.5. The number of ether oxygens (including phenoxy) is 1. The van der Waals surface area contributed by atoms with Gasteiger partial charge in [-0.15, -0.1) is 0 Å². The summed E-state index contributed by atoms with van der Waals surface area (Å²) in [4.78, 5) is 8.62. The molecule has 4 aromatic rings. The summed E-state index contributed by atoms with van der Waals surface area (Å²) in [5.74, 6) is -0.184. The molecule has 1 atom stereocenters. The first-order valence-electron chi connectivity index (χ1n) is 12.6. The molecule has 0 saturated carbocycles. The number of halogens is 4. The van der Waals surface area contributed by atoms with Crippen LogP contribution in [0.1, 0.15) is 62.6 Å². The fourth-order valence-electron chi connectivity index (χ4n) is 4.25. The van der Waals surface area contributed by atoms with Crippen LogP contribution < -0.4 is 4.74 Å². The zero-order chi connectivity index (χ0) is 29.7. The smallest absolute Gasteiger partial charge is 0.393 e. The highest BCUT2D eigenvalue weighted by Gasteiger charge is 2.40. The normalized spacial score (nSPS) is 14.2. The van der Waals surface area contributed by atoms with E-state index in [1.807, 2.05) is 26.8 Å². The summed E-state index contributed by atoms with van der Waals surface area (Å²) in [5, 5.41) is 21.6. The van der Waals surface area contributed by atoms with E-state index in [1.165, 1.54) is 18.6 Å². The minimum atomic E-state index is -4.57. The third-order valence-electron chi connectivity index (χ3n) is 7.55. The topological polar surface area (TPSA) is 84.0 Å². The minimum Gasteiger partial charge on any atom is -0.471 e. The van der Waals surface area contributed by atoms with Gasteiger partial charge in [0.05, 0.1) is 46.8 Å². The number of benzene rings is 2. The third kappa shape index (κ3) is 5.38. The second-order valence-corrected chi connectivity index (χ2v) is 11.8. The SMILES string of the molecule is Cn1cncc1C(O)(c1ccc(C#N)cc1)c1ccc2nc(OC(C)(C)C(C)(C)C)c(CC(F)(F)F)c(Cl)c2c1. The molecule has 0 aliphatic rings. The molecule has 0 radical (unpaired) electrons. The Balaban J connectivity index is 1.97. The molecule has 10 heteroatoms. The lowest BCUT2D eigenvalue weighted by atomic mass is 9.79. The average Bonchev–Trinajstić information content (AvgIpc) is 3.30. The number of nitriles is 1. The third-order valence-corrected chi connectivity index (χ3v) is 7.98. The van der Waals surface area contributed by atoms with Crippen LogP contribution in [0.2, 0.25) is 5.02 Å². The molecule has 0 saturated heterocycles. The van der Waals surface area contributed by atoms with Gasteiger partial charge in [0, 0.05) is 23.4 Å². The predicted octanol–water partition coefficient (Wildman–Crippen LogP) is 7.09. The number of alkyl halides is 3. The number of imidazole rings is 1. The summed E-state index contributed by atoms with van der Waals surface area (Å²) in [6.07, 6.45) is -2.88. The van der Waals surface area contributed by atoms with Crippen molar-refractivity contribution in [2.75, 3.05) is 0 Å². The molecule has 6 nitrogen and oxygen atoms in total. The van der Waals surface area contributed by atoms with E-state index < -0.39 is 29.2 Å². The standard InChI is InChI=1S/C30H30ClF3N4O2/c1-27(2,3)28(4,5)40-26-22(14-29(32,33)34)25(31)21-13-20(11-12-23(21)37-26)30(39,24-16-36-17-38(24)6)19-9-7-18(15-35)8-10-19/h7-13,16-17,39H,14H2,1-6H3. The fourth-order valence-corrected chi connectivity index (χ4v) is 4.55. The van der Waals surface area contributed by atoms with Crippen molar-refractivity contribution in [3.8, 4) is 11.9 Å². The first kappa shape index (κ1) is 29.4. The van der Waals surface area contributed by atoms with Crippen molar-refractivity contribution in [3.05, 3.63) is 88.0 Å². The van der Waals surface area contributed by atoms with Crippen molar-refractivity contribution < 1.29 is 23.0 Å². The molecule has 2 heterocycles. The van der Waals surface area contributed by atoms with E-state index in [9.17, 15) is 23.5 Å². The summed E-state index contributed by atoms with van der Waals surface area (Å²) < 4.78 is 49.0. The van der Waals surface area contributed by atoms with Gasteiger partial charge in [0.15, 0.2) is 5.60 Å². The van der Waals surface area contributed by atoms with Gasteiger partial charge in [0.25, 0.3) is 0 Å². The maximum atomic E-state index is 13.7. The van der Waals surface area contributed by atoms with Crippen molar-refractivity contribution in [1.29, 1.82) is 5.26 Å². The molecular weight excluding hydrogens is 541 g/mol. The number of hydrogen-bond acceptors (Lipinski definition) is 5. The average molecular weight is 571 g/mol. The Labute approximate surface area is 236 Å². The van der Waals surface area contributed by atoms with Gasteiger partial charge in [0.1, 0.15) is 5.60 Å². The summed E-state index contributed by atoms with van der Waals surface area (Å²) >= 11 is 6.70. The maximum Gasteiger partial charge on any atom is 0.393 e. The van der Waals surface area contributed by atoms with Crippen molar-refractivity contribution in [1.82, 2.24) is 14.5 Å². The zero-order valence-electron chi connectivity index (χ0n) is 23.1. The van der Waals surface area contributed by atoms with E-state index in [1.54, 1.807) is 61.9 Å². The van der Waals surface area contributed by atoms with Crippen molar-refractivity contribution in [2.24, 2.45) is 12.5 Å². The van der Waals surface area contributed by atoms with Gasteiger partial charge in [-0.3, -0.25) is 0 Å². The van der Waals surface area contributed by atoms with Crippen molar-refractivity contribution in [3.63, 3.8) is 0 Å². The van der Waals surface area contributed by atoms with Crippen LogP contribution >= 0.6 is 11.6 Å². The Kier molecular flexibility index (Phi) is 7.41. The lowest BCUT2D eigenvalue weighted by Gasteiger charge is -2.39. The Morgan fingerprint density at radius 1 is 1.02 bits per heavy atom. The monoisotopic (exact) mass is 570 g/mol. The lowest BCUT2D eigenvalue weighted by Crippen LogP contribution is -2.42. The summed E-state index contributed by atoms with van der Waals surface area (Å²) in [6.45, 7) is 9.35. The van der Waals surface area contributed by atoms with E-state index in [2.05, 4.69) is 9.97 Å². The molecule has 0 amide bonds. The number of fused-ring (bicyclic) bond motifs is 1. The molecule has 1 unspecified atom stereocenters. The molecule has 0 aliphatic carbocycles. The highest BCUT2D eigenvalue weighted by Crippen LogP contribution is 2.43. The fraction of sp³-hybridized carbons (Fsp3) is 0.367. The van der Waals surface area contributed by atoms with E-state index in [-0.39, 0.29) is 21.9 Å². The number of nitrogens with zero attached hydrogens (tertiary/aromatic N) is 4. The summed E-state index contributed by atoms with van der Waals surface area (Å²) in [7, 11) is 1.72. The van der Waals surface area contributed by atoms with Gasteiger partial charge in [-0.2, -0.15) is 18.4 Å². The summed E-state index contributed by atoms with van der Waals surface area (Å²) in [5.41, 5.74) is -1.45. The van der Waals surface area contributed by atoms with E-state index in [0.29, 0.717) is 27.9 Å². The molecule has 0 spiro atoms. The second-order valence-electron chi connectivity index (χ2n) is 11.4. The zero-order valence-corrected chi connectivity index (χ0v) is 23.8. The Morgan fingerprint density at radius 2 is 1.65 bits per heavy atom. The van der Waals surface area contributed by atoms with Crippen molar-refractivity contribution in [2.45, 2.75) is 58.4 Å². The van der Waals surface area contributed by atoms with E-state index in [0.717, 1.165) is 0 Å². The van der Waals surface area contributed by atoms with Crippen LogP contribution in [0.25, 0.3) is 10.9 Å². The molecule has 40 heavy (non-hydrogen) atoms. The molecular formula is C30H30ClF3N4O2. The number of hydrogen-bond donors (Lipinski definition) is 1. The van der Waals surface area contributed by atoms with Crippen LogP contribution in [0.3, 0.4) is 0 Å². The number of aliphatic hydroxyl groups is 1. The number of aryl methyl sites for hydroxylation is 1. The van der Waals surface area contributed by atoms with Gasteiger partial charge in [-0.05, 0) is 49.2 Å². The van der Waals surface area contributed by atoms with E-state index in [4.69, 9.17) is 16.3 Å². The first-order valence-corrected chi connectivity index (χ1v) is 12.9. The van der Waals surface area contributed by atoms with Gasteiger partial charge in [-0.25, -0.2) is 9.97 Å². The summed E-state index contributed by atoms with van der Waals surface area (Å²) in [6, 6.07) is 13.2. The van der Waals surface area contributed by atoms with E-state index >= 15 is 0 Å². The Hall–Kier alpha value is -3.61. The first-order chi connectivity index (χ1) is 18.5. The quantitative estimate of drug-likeness (QED) is 0.268. The van der Waals surface area contributed by atoms with Gasteiger partial charge in [0.2, 0.25) is 5.88 Å². The Morgan fingerprint density at radius 3 is 2.17 bits per heavy atom. The van der Waals surface area contributed by atoms with Crippen LogP contribution in [0.15, 0.2) is 55.0 Å². The van der Waals surface area contributed by atoms with Crippen LogP contribution in [-0.2, 0) is 19.1 Å². The molecule has 0 fully saturated rings. The van der Waals surface area contributed by atoms with Crippen LogP contribution in [0.4, 0.5) is 13.2 Å². The van der Waals surface area contributed by atoms with Crippen LogP contribution in [0.5, 0.6) is 5.88 Å². The van der Waals surface area contributed by atoms with Crippen LogP contribution in [-0.4, -0.2) is 31.4 Å². The molecule has 1 N–H and O–H groups in total. The van der Waals surface area contributed by atoms with Crippen molar-refractivity contribution >= 4 is 22.5 Å².